The van der Waals surface area contributed by atoms with Crippen LogP contribution in [0.2, 0.25) is 0 Å². The number of rotatable bonds is 4. The van der Waals surface area contributed by atoms with Crippen LogP contribution >= 0.6 is 0 Å². The van der Waals surface area contributed by atoms with Crippen molar-refractivity contribution in [1.82, 2.24) is 0 Å². The molecule has 0 saturated carbocycles. The van der Waals surface area contributed by atoms with Gasteiger partial charge >= 0.3 is 0 Å². The zero-order chi connectivity index (χ0) is 8.20. The van der Waals surface area contributed by atoms with Crippen molar-refractivity contribution in [3.63, 3.8) is 0 Å². The van der Waals surface area contributed by atoms with Gasteiger partial charge in [0.05, 0.1) is 6.10 Å². The van der Waals surface area contributed by atoms with Crippen LogP contribution in [0, 0.1) is 5.41 Å². The van der Waals surface area contributed by atoms with Crippen LogP contribution in [0.25, 0.3) is 0 Å². The molecule has 0 aromatic rings. The molecule has 0 fully saturated rings. The number of aliphatic hydroxyl groups is 1. The molecule has 0 radical (unpaired) electrons. The Kier molecular flexibility index (Phi) is 3.66. The van der Waals surface area contributed by atoms with Gasteiger partial charge in [0.15, 0.2) is 0 Å². The molecule has 60 valence electrons. The highest BCUT2D eigenvalue weighted by molar-refractivity contribution is 4.84. The maximum Gasteiger partial charge on any atom is 0.0591 e. The Balaban J connectivity index is 3.94. The van der Waals surface area contributed by atoms with E-state index in [1.165, 1.54) is 0 Å². The Bertz CT molecular complexity index is 105. The number of hydrogen-bond donors (Lipinski definition) is 1. The highest BCUT2D eigenvalue weighted by Crippen LogP contribution is 2.26. The third-order valence-corrected chi connectivity index (χ3v) is 1.96. The Morgan fingerprint density at radius 3 is 2.40 bits per heavy atom. The van der Waals surface area contributed by atoms with Crippen LogP contribution in [-0.4, -0.2) is 11.2 Å². The van der Waals surface area contributed by atoms with Crippen molar-refractivity contribution in [2.75, 3.05) is 0 Å². The van der Waals surface area contributed by atoms with Crippen molar-refractivity contribution in [2.45, 2.75) is 39.7 Å². The molecule has 0 saturated heterocycles. The molecule has 0 aromatic carbocycles. The van der Waals surface area contributed by atoms with Gasteiger partial charge in [-0.25, -0.2) is 0 Å². The monoisotopic (exact) mass is 142 g/mol. The van der Waals surface area contributed by atoms with Crippen molar-refractivity contribution in [3.8, 4) is 0 Å². The summed E-state index contributed by atoms with van der Waals surface area (Å²) in [7, 11) is 0. The zero-order valence-electron chi connectivity index (χ0n) is 7.22. The molecule has 0 bridgehead atoms. The minimum absolute atomic E-state index is 0.00347. The standard InChI is InChI=1S/C9H18O/c1-5-7-9(3,4)8(10)6-2/h5,8,10H,1,6-7H2,2-4H3/t8-/m1/s1. The van der Waals surface area contributed by atoms with Gasteiger partial charge < -0.3 is 5.11 Å². The van der Waals surface area contributed by atoms with E-state index >= 15 is 0 Å². The van der Waals surface area contributed by atoms with Gasteiger partial charge in [0, 0.05) is 0 Å². The molecular weight excluding hydrogens is 124 g/mol. The Hall–Kier alpha value is -0.300. The first-order valence-corrected chi connectivity index (χ1v) is 3.83. The van der Waals surface area contributed by atoms with Crippen molar-refractivity contribution < 1.29 is 5.11 Å². The Labute approximate surface area is 63.8 Å². The summed E-state index contributed by atoms with van der Waals surface area (Å²) in [5.41, 5.74) is -0.00347. The van der Waals surface area contributed by atoms with Crippen LogP contribution in [0.5, 0.6) is 0 Å². The van der Waals surface area contributed by atoms with E-state index in [1.807, 2.05) is 13.0 Å². The number of aliphatic hydroxyl groups excluding tert-OH is 1. The Morgan fingerprint density at radius 1 is 1.60 bits per heavy atom. The molecule has 0 aliphatic heterocycles. The highest BCUT2D eigenvalue weighted by Gasteiger charge is 2.24. The van der Waals surface area contributed by atoms with E-state index in [9.17, 15) is 5.11 Å². The zero-order valence-corrected chi connectivity index (χ0v) is 7.22. The predicted molar refractivity (Wildman–Crippen MR) is 44.9 cm³/mol. The summed E-state index contributed by atoms with van der Waals surface area (Å²) in [5.74, 6) is 0. The second kappa shape index (κ2) is 3.77. The van der Waals surface area contributed by atoms with Crippen molar-refractivity contribution in [1.29, 1.82) is 0 Å². The van der Waals surface area contributed by atoms with Crippen LogP contribution in [0.4, 0.5) is 0 Å². The molecule has 1 N–H and O–H groups in total. The van der Waals surface area contributed by atoms with Gasteiger partial charge in [0.25, 0.3) is 0 Å². The molecule has 0 rings (SSSR count). The first-order valence-electron chi connectivity index (χ1n) is 3.83. The highest BCUT2D eigenvalue weighted by atomic mass is 16.3. The molecule has 1 nitrogen and oxygen atoms in total. The molecule has 0 amide bonds. The third-order valence-electron chi connectivity index (χ3n) is 1.96. The fourth-order valence-corrected chi connectivity index (χ4v) is 1.06. The van der Waals surface area contributed by atoms with E-state index in [0.29, 0.717) is 0 Å². The van der Waals surface area contributed by atoms with E-state index in [1.54, 1.807) is 0 Å². The van der Waals surface area contributed by atoms with Crippen molar-refractivity contribution in [2.24, 2.45) is 5.41 Å². The van der Waals surface area contributed by atoms with E-state index in [0.717, 1.165) is 12.8 Å². The van der Waals surface area contributed by atoms with Crippen LogP contribution in [0.1, 0.15) is 33.6 Å². The molecule has 0 aromatic heterocycles. The lowest BCUT2D eigenvalue weighted by Crippen LogP contribution is -2.27. The first kappa shape index (κ1) is 9.70. The quantitative estimate of drug-likeness (QED) is 0.597. The maximum absolute atomic E-state index is 9.47. The van der Waals surface area contributed by atoms with Gasteiger partial charge in [-0.05, 0) is 18.3 Å². The lowest BCUT2D eigenvalue weighted by Gasteiger charge is -2.28. The molecule has 0 spiro atoms. The molecule has 0 heterocycles. The summed E-state index contributed by atoms with van der Waals surface area (Å²) in [5, 5.41) is 9.47. The Morgan fingerprint density at radius 2 is 2.10 bits per heavy atom. The number of allylic oxidation sites excluding steroid dienone is 1. The van der Waals surface area contributed by atoms with E-state index in [4.69, 9.17) is 0 Å². The second-order valence-electron chi connectivity index (χ2n) is 3.41. The van der Waals surface area contributed by atoms with Gasteiger partial charge in [-0.2, -0.15) is 0 Å². The fraction of sp³-hybridized carbons (Fsp3) is 0.778. The van der Waals surface area contributed by atoms with E-state index in [2.05, 4.69) is 20.4 Å². The predicted octanol–water partition coefficient (Wildman–Crippen LogP) is 2.36. The summed E-state index contributed by atoms with van der Waals surface area (Å²) in [4.78, 5) is 0. The van der Waals surface area contributed by atoms with Crippen LogP contribution in [0.15, 0.2) is 12.7 Å². The average molecular weight is 142 g/mol. The van der Waals surface area contributed by atoms with Gasteiger partial charge in [0.2, 0.25) is 0 Å². The van der Waals surface area contributed by atoms with Crippen LogP contribution < -0.4 is 0 Å². The third kappa shape index (κ3) is 2.53. The molecule has 0 unspecified atom stereocenters. The summed E-state index contributed by atoms with van der Waals surface area (Å²) in [6.45, 7) is 9.76. The topological polar surface area (TPSA) is 20.2 Å². The number of hydrogen-bond acceptors (Lipinski definition) is 1. The maximum atomic E-state index is 9.47. The van der Waals surface area contributed by atoms with Crippen LogP contribution in [-0.2, 0) is 0 Å². The summed E-state index contributed by atoms with van der Waals surface area (Å²) < 4.78 is 0. The second-order valence-corrected chi connectivity index (χ2v) is 3.41. The molecule has 10 heavy (non-hydrogen) atoms. The van der Waals surface area contributed by atoms with E-state index in [-0.39, 0.29) is 11.5 Å². The smallest absolute Gasteiger partial charge is 0.0591 e. The summed E-state index contributed by atoms with van der Waals surface area (Å²) in [6.07, 6.45) is 3.35. The first-order chi connectivity index (χ1) is 4.54. The molecule has 0 aliphatic rings. The van der Waals surface area contributed by atoms with Gasteiger partial charge in [-0.3, -0.25) is 0 Å². The van der Waals surface area contributed by atoms with Crippen molar-refractivity contribution in [3.05, 3.63) is 12.7 Å². The summed E-state index contributed by atoms with van der Waals surface area (Å²) in [6, 6.07) is 0. The van der Waals surface area contributed by atoms with Crippen LogP contribution in [0.3, 0.4) is 0 Å². The largest absolute Gasteiger partial charge is 0.393 e. The average Bonchev–Trinajstić information content (AvgIpc) is 1.86. The molecule has 0 aliphatic carbocycles. The lowest BCUT2D eigenvalue weighted by atomic mass is 9.82. The van der Waals surface area contributed by atoms with Gasteiger partial charge in [0.1, 0.15) is 0 Å². The molecule has 1 atom stereocenters. The lowest BCUT2D eigenvalue weighted by molar-refractivity contribution is 0.0492. The fourth-order valence-electron chi connectivity index (χ4n) is 1.06. The summed E-state index contributed by atoms with van der Waals surface area (Å²) >= 11 is 0. The minimum atomic E-state index is -0.203. The minimum Gasteiger partial charge on any atom is -0.393 e. The normalized spacial score (nSPS) is 14.8. The van der Waals surface area contributed by atoms with Gasteiger partial charge in [-0.15, -0.1) is 6.58 Å². The van der Waals surface area contributed by atoms with Gasteiger partial charge in [-0.1, -0.05) is 26.8 Å². The van der Waals surface area contributed by atoms with E-state index < -0.39 is 0 Å². The SMILES string of the molecule is C=CCC(C)(C)[C@H](O)CC. The molecule has 1 heteroatoms. The van der Waals surface area contributed by atoms with Crippen molar-refractivity contribution >= 4 is 0 Å². The molecular formula is C9H18O.